The van der Waals surface area contributed by atoms with Crippen LogP contribution in [0, 0.1) is 0 Å². The van der Waals surface area contributed by atoms with Gasteiger partial charge in [-0.05, 0) is 78.2 Å². The quantitative estimate of drug-likeness (QED) is 0.488. The van der Waals surface area contributed by atoms with Gasteiger partial charge in [0.1, 0.15) is 12.3 Å². The van der Waals surface area contributed by atoms with E-state index in [1.54, 1.807) is 47.6 Å². The number of halogens is 1. The van der Waals surface area contributed by atoms with Gasteiger partial charge in [-0.2, -0.15) is 0 Å². The topological polar surface area (TPSA) is 49.9 Å². The minimum Gasteiger partial charge on any atom is -0.497 e. The van der Waals surface area contributed by atoms with Crippen LogP contribution in [-0.2, 0) is 11.2 Å². The Kier molecular flexibility index (Phi) is 6.13. The van der Waals surface area contributed by atoms with E-state index < -0.39 is 0 Å². The molecule has 1 saturated carbocycles. The molecule has 3 aromatic rings. The van der Waals surface area contributed by atoms with E-state index in [1.807, 2.05) is 29.2 Å². The van der Waals surface area contributed by atoms with Crippen molar-refractivity contribution in [1.29, 1.82) is 0 Å². The van der Waals surface area contributed by atoms with Crippen molar-refractivity contribution >= 4 is 34.8 Å². The predicted molar refractivity (Wildman–Crippen MR) is 130 cm³/mol. The summed E-state index contributed by atoms with van der Waals surface area (Å²) >= 11 is 7.86. The molecule has 2 aliphatic rings. The number of hydrogen-bond donors (Lipinski definition) is 0. The fourth-order valence-electron chi connectivity index (χ4n) is 4.48. The third-order valence-electron chi connectivity index (χ3n) is 6.36. The third-order valence-corrected chi connectivity index (χ3v) is 7.61. The molecule has 1 unspecified atom stereocenters. The van der Waals surface area contributed by atoms with Gasteiger partial charge >= 0.3 is 0 Å². The summed E-state index contributed by atoms with van der Waals surface area (Å²) in [5, 5.41) is 2.76. The van der Waals surface area contributed by atoms with Gasteiger partial charge in [0, 0.05) is 28.0 Å². The lowest BCUT2D eigenvalue weighted by Gasteiger charge is -2.37. The lowest BCUT2D eigenvalue weighted by Crippen LogP contribution is -2.47. The van der Waals surface area contributed by atoms with Crippen LogP contribution >= 0.6 is 22.9 Å². The first-order chi connectivity index (χ1) is 16.0. The fraction of sp³-hybridized carbons (Fsp3) is 0.308. The van der Waals surface area contributed by atoms with Gasteiger partial charge < -0.3 is 14.5 Å². The number of nitrogens with zero attached hydrogens (tertiary/aromatic N) is 2. The molecule has 0 N–H and O–H groups in total. The first-order valence-electron chi connectivity index (χ1n) is 11.1. The highest BCUT2D eigenvalue weighted by Crippen LogP contribution is 2.38. The number of carbonyl (C=O) groups is 2. The molecule has 33 heavy (non-hydrogen) atoms. The SMILES string of the molecule is COc1ccc(C(=O)N(CC(=O)N2CCc3sccc3C2c2ccc(Cl)cc2)C2CC2)cc1. The van der Waals surface area contributed by atoms with Crippen LogP contribution in [0.2, 0.25) is 5.02 Å². The fourth-order valence-corrected chi connectivity index (χ4v) is 5.51. The van der Waals surface area contributed by atoms with E-state index in [2.05, 4.69) is 11.4 Å². The molecule has 5 nitrogen and oxygen atoms in total. The molecule has 1 fully saturated rings. The summed E-state index contributed by atoms with van der Waals surface area (Å²) in [6, 6.07) is 16.8. The van der Waals surface area contributed by atoms with Gasteiger partial charge in [-0.1, -0.05) is 23.7 Å². The molecule has 1 atom stereocenters. The van der Waals surface area contributed by atoms with Crippen LogP contribution in [0.15, 0.2) is 60.0 Å². The van der Waals surface area contributed by atoms with E-state index in [-0.39, 0.29) is 30.4 Å². The lowest BCUT2D eigenvalue weighted by atomic mass is 9.93. The lowest BCUT2D eigenvalue weighted by molar-refractivity contribution is -0.134. The first-order valence-corrected chi connectivity index (χ1v) is 12.4. The average molecular weight is 481 g/mol. The molecule has 7 heteroatoms. The molecule has 0 bridgehead atoms. The predicted octanol–water partition coefficient (Wildman–Crippen LogP) is 5.19. The summed E-state index contributed by atoms with van der Waals surface area (Å²) in [6.45, 7) is 0.716. The molecule has 0 spiro atoms. The Labute approximate surface area is 202 Å². The monoisotopic (exact) mass is 480 g/mol. The Morgan fingerprint density at radius 3 is 2.48 bits per heavy atom. The molecule has 2 aromatic carbocycles. The zero-order chi connectivity index (χ0) is 22.9. The van der Waals surface area contributed by atoms with E-state index in [0.29, 0.717) is 22.9 Å². The Morgan fingerprint density at radius 2 is 1.82 bits per heavy atom. The van der Waals surface area contributed by atoms with Crippen molar-refractivity contribution in [3.63, 3.8) is 0 Å². The first kappa shape index (κ1) is 22.0. The van der Waals surface area contributed by atoms with E-state index in [9.17, 15) is 9.59 Å². The van der Waals surface area contributed by atoms with Gasteiger partial charge in [0.25, 0.3) is 5.91 Å². The van der Waals surface area contributed by atoms with Crippen molar-refractivity contribution in [3.8, 4) is 5.75 Å². The van der Waals surface area contributed by atoms with Gasteiger partial charge in [-0.25, -0.2) is 0 Å². The van der Waals surface area contributed by atoms with Crippen molar-refractivity contribution in [2.75, 3.05) is 20.2 Å². The van der Waals surface area contributed by atoms with Crippen LogP contribution in [0.25, 0.3) is 0 Å². The van der Waals surface area contributed by atoms with E-state index in [1.165, 1.54) is 10.4 Å². The van der Waals surface area contributed by atoms with Crippen LogP contribution < -0.4 is 4.74 Å². The van der Waals surface area contributed by atoms with Crippen molar-refractivity contribution in [3.05, 3.63) is 86.6 Å². The zero-order valence-corrected chi connectivity index (χ0v) is 19.9. The van der Waals surface area contributed by atoms with Gasteiger partial charge in [-0.3, -0.25) is 9.59 Å². The van der Waals surface area contributed by atoms with E-state index >= 15 is 0 Å². The van der Waals surface area contributed by atoms with Gasteiger partial charge in [0.05, 0.1) is 13.2 Å². The van der Waals surface area contributed by atoms with Crippen LogP contribution in [0.5, 0.6) is 5.75 Å². The third kappa shape index (κ3) is 4.50. The average Bonchev–Trinajstić information content (AvgIpc) is 3.57. The molecular weight excluding hydrogens is 456 g/mol. The van der Waals surface area contributed by atoms with Crippen molar-refractivity contribution in [1.82, 2.24) is 9.80 Å². The standard InChI is InChI=1S/C26H25ClN2O3S/c1-32-21-10-4-18(5-11-21)26(31)29(20-8-9-20)16-24(30)28-14-12-23-22(13-15-33-23)25(28)17-2-6-19(27)7-3-17/h2-7,10-11,13,15,20,25H,8-9,12,14,16H2,1H3. The Morgan fingerprint density at radius 1 is 1.09 bits per heavy atom. The van der Waals surface area contributed by atoms with Crippen molar-refractivity contribution < 1.29 is 14.3 Å². The highest BCUT2D eigenvalue weighted by Gasteiger charge is 2.38. The van der Waals surface area contributed by atoms with Crippen LogP contribution in [-0.4, -0.2) is 47.9 Å². The maximum Gasteiger partial charge on any atom is 0.254 e. The molecule has 2 amide bonds. The summed E-state index contributed by atoms with van der Waals surface area (Å²) in [7, 11) is 1.60. The molecule has 0 radical (unpaired) electrons. The van der Waals surface area contributed by atoms with Crippen molar-refractivity contribution in [2.24, 2.45) is 0 Å². The molecule has 1 aliphatic carbocycles. The molecule has 1 aromatic heterocycles. The van der Waals surface area contributed by atoms with E-state index in [0.717, 1.165) is 24.8 Å². The zero-order valence-electron chi connectivity index (χ0n) is 18.4. The van der Waals surface area contributed by atoms with Crippen LogP contribution in [0.3, 0.4) is 0 Å². The number of amides is 2. The molecule has 170 valence electrons. The summed E-state index contributed by atoms with van der Waals surface area (Å²) in [5.41, 5.74) is 2.77. The second-order valence-corrected chi connectivity index (χ2v) is 9.92. The number of hydrogen-bond acceptors (Lipinski definition) is 4. The Bertz CT molecular complexity index is 1160. The smallest absolute Gasteiger partial charge is 0.254 e. The summed E-state index contributed by atoms with van der Waals surface area (Å²) in [5.74, 6) is 0.566. The number of methoxy groups -OCH3 is 1. The minimum atomic E-state index is -0.165. The maximum absolute atomic E-state index is 13.6. The second kappa shape index (κ2) is 9.20. The number of carbonyl (C=O) groups excluding carboxylic acids is 2. The highest BCUT2D eigenvalue weighted by atomic mass is 35.5. The highest BCUT2D eigenvalue weighted by molar-refractivity contribution is 7.10. The minimum absolute atomic E-state index is 0.0273. The van der Waals surface area contributed by atoms with Gasteiger partial charge in [0.2, 0.25) is 5.91 Å². The number of thiophene rings is 1. The Hall–Kier alpha value is -2.83. The number of fused-ring (bicyclic) bond motifs is 1. The summed E-state index contributed by atoms with van der Waals surface area (Å²) in [6.07, 6.45) is 2.70. The van der Waals surface area contributed by atoms with Gasteiger partial charge in [0.15, 0.2) is 0 Å². The normalized spacial score (nSPS) is 17.4. The number of benzene rings is 2. The molecule has 0 saturated heterocycles. The number of ether oxygens (including phenoxy) is 1. The van der Waals surface area contributed by atoms with Crippen LogP contribution in [0.1, 0.15) is 45.2 Å². The largest absolute Gasteiger partial charge is 0.497 e. The maximum atomic E-state index is 13.6. The second-order valence-electron chi connectivity index (χ2n) is 8.48. The van der Waals surface area contributed by atoms with Crippen molar-refractivity contribution in [2.45, 2.75) is 31.3 Å². The summed E-state index contributed by atoms with van der Waals surface area (Å²) < 4.78 is 5.20. The summed E-state index contributed by atoms with van der Waals surface area (Å²) in [4.78, 5) is 31.9. The molecule has 2 heterocycles. The number of rotatable bonds is 6. The van der Waals surface area contributed by atoms with Gasteiger partial charge in [-0.15, -0.1) is 11.3 Å². The molecule has 5 rings (SSSR count). The molecular formula is C26H25ClN2O3S. The van der Waals surface area contributed by atoms with Crippen LogP contribution in [0.4, 0.5) is 0 Å². The molecule has 1 aliphatic heterocycles. The van der Waals surface area contributed by atoms with E-state index in [4.69, 9.17) is 16.3 Å². The Balaban J connectivity index is 1.40.